The molecule has 5 nitrogen and oxygen atoms in total. The van der Waals surface area contributed by atoms with Gasteiger partial charge in [-0.25, -0.2) is 4.79 Å². The van der Waals surface area contributed by atoms with E-state index in [2.05, 4.69) is 15.4 Å². The number of amides is 2. The number of halogens is 3. The molecule has 3 rings (SSSR count). The largest absolute Gasteiger partial charge is 0.453 e. The molecule has 3 aromatic rings. The molecule has 0 aromatic heterocycles. The van der Waals surface area contributed by atoms with Crippen LogP contribution in [0.2, 0.25) is 0 Å². The van der Waals surface area contributed by atoms with Crippen molar-refractivity contribution < 1.29 is 27.5 Å². The highest BCUT2D eigenvalue weighted by Crippen LogP contribution is 2.32. The molecule has 2 amide bonds. The standard InChI is InChI=1S/C24H21F3N2O3/c1-32-23(31)28-15-14-16-6-12-19(13-7-16)29-22(30)21-5-3-2-4-20(21)17-8-10-18(11-9-17)24(25,26)27/h2-13H,14-15H2,1H3,(H,28,31)(H,29,30). The Kier molecular flexibility index (Phi) is 7.14. The second-order valence-electron chi connectivity index (χ2n) is 6.94. The van der Waals surface area contributed by atoms with Gasteiger partial charge in [0.2, 0.25) is 0 Å². The molecule has 0 fully saturated rings. The van der Waals surface area contributed by atoms with Crippen molar-refractivity contribution in [1.82, 2.24) is 5.32 Å². The maximum atomic E-state index is 12.8. The monoisotopic (exact) mass is 442 g/mol. The van der Waals surface area contributed by atoms with E-state index in [9.17, 15) is 22.8 Å². The quantitative estimate of drug-likeness (QED) is 0.528. The molecular weight excluding hydrogens is 421 g/mol. The van der Waals surface area contributed by atoms with E-state index in [0.29, 0.717) is 35.3 Å². The van der Waals surface area contributed by atoms with Gasteiger partial charge in [0, 0.05) is 17.8 Å². The Hall–Kier alpha value is -3.81. The summed E-state index contributed by atoms with van der Waals surface area (Å²) in [6.45, 7) is 0.416. The van der Waals surface area contributed by atoms with Crippen molar-refractivity contribution in [3.63, 3.8) is 0 Å². The SMILES string of the molecule is COC(=O)NCCc1ccc(NC(=O)c2ccccc2-c2ccc(C(F)(F)F)cc2)cc1. The van der Waals surface area contributed by atoms with Gasteiger partial charge in [-0.15, -0.1) is 0 Å². The lowest BCUT2D eigenvalue weighted by molar-refractivity contribution is -0.137. The van der Waals surface area contributed by atoms with Crippen molar-refractivity contribution in [3.05, 3.63) is 89.5 Å². The number of anilines is 1. The lowest BCUT2D eigenvalue weighted by atomic mass is 9.98. The molecule has 0 aliphatic rings. The normalized spacial score (nSPS) is 11.0. The smallest absolute Gasteiger partial charge is 0.416 e. The van der Waals surface area contributed by atoms with Crippen molar-refractivity contribution in [1.29, 1.82) is 0 Å². The van der Waals surface area contributed by atoms with Gasteiger partial charge in [0.25, 0.3) is 5.91 Å². The van der Waals surface area contributed by atoms with E-state index in [1.165, 1.54) is 19.2 Å². The van der Waals surface area contributed by atoms with Crippen LogP contribution in [0.4, 0.5) is 23.7 Å². The predicted molar refractivity (Wildman–Crippen MR) is 115 cm³/mol. The average Bonchev–Trinajstić information content (AvgIpc) is 2.79. The first kappa shape index (κ1) is 22.9. The Labute approximate surface area is 183 Å². The number of benzene rings is 3. The van der Waals surface area contributed by atoms with Gasteiger partial charge in [-0.3, -0.25) is 4.79 Å². The van der Waals surface area contributed by atoms with Gasteiger partial charge in [-0.05, 0) is 53.4 Å². The van der Waals surface area contributed by atoms with Crippen molar-refractivity contribution in [2.24, 2.45) is 0 Å². The van der Waals surface area contributed by atoms with Gasteiger partial charge in [-0.2, -0.15) is 13.2 Å². The number of alkyl halides is 3. The fourth-order valence-electron chi connectivity index (χ4n) is 3.11. The average molecular weight is 442 g/mol. The highest BCUT2D eigenvalue weighted by molar-refractivity contribution is 6.08. The van der Waals surface area contributed by atoms with Crippen LogP contribution in [0.3, 0.4) is 0 Å². The first-order chi connectivity index (χ1) is 15.3. The number of ether oxygens (including phenoxy) is 1. The topological polar surface area (TPSA) is 67.4 Å². The molecule has 0 bridgehead atoms. The van der Waals surface area contributed by atoms with Gasteiger partial charge >= 0.3 is 12.3 Å². The number of nitrogens with one attached hydrogen (secondary N) is 2. The summed E-state index contributed by atoms with van der Waals surface area (Å²) in [5, 5.41) is 5.40. The molecule has 3 aromatic carbocycles. The summed E-state index contributed by atoms with van der Waals surface area (Å²) in [6, 6.07) is 18.6. The summed E-state index contributed by atoms with van der Waals surface area (Å²) in [7, 11) is 1.29. The van der Waals surface area contributed by atoms with Crippen LogP contribution < -0.4 is 10.6 Å². The zero-order valence-electron chi connectivity index (χ0n) is 17.2. The van der Waals surface area contributed by atoms with Gasteiger partial charge in [0.05, 0.1) is 12.7 Å². The van der Waals surface area contributed by atoms with Gasteiger partial charge in [0.1, 0.15) is 0 Å². The third-order valence-electron chi connectivity index (χ3n) is 4.78. The van der Waals surface area contributed by atoms with Gasteiger partial charge in [0.15, 0.2) is 0 Å². The second-order valence-corrected chi connectivity index (χ2v) is 6.94. The van der Waals surface area contributed by atoms with Crippen LogP contribution >= 0.6 is 0 Å². The number of alkyl carbamates (subject to hydrolysis) is 1. The van der Waals surface area contributed by atoms with E-state index in [1.807, 2.05) is 12.1 Å². The van der Waals surface area contributed by atoms with Crippen LogP contribution in [0.5, 0.6) is 0 Å². The van der Waals surface area contributed by atoms with E-state index in [4.69, 9.17) is 0 Å². The molecule has 0 unspecified atom stereocenters. The fraction of sp³-hybridized carbons (Fsp3) is 0.167. The Morgan fingerprint density at radius 2 is 1.56 bits per heavy atom. The molecule has 0 atom stereocenters. The lowest BCUT2D eigenvalue weighted by Crippen LogP contribution is -2.25. The maximum absolute atomic E-state index is 12.8. The summed E-state index contributed by atoms with van der Waals surface area (Å²) < 4.78 is 43.0. The minimum absolute atomic E-state index is 0.346. The second kappa shape index (κ2) is 10.00. The number of carbonyl (C=O) groups is 2. The summed E-state index contributed by atoms with van der Waals surface area (Å²) in [6.07, 6.45) is -4.32. The molecule has 0 heterocycles. The van der Waals surface area contributed by atoms with Crippen LogP contribution in [0.1, 0.15) is 21.5 Å². The number of hydrogen-bond donors (Lipinski definition) is 2. The molecule has 166 valence electrons. The number of carbonyl (C=O) groups excluding carboxylic acids is 2. The van der Waals surface area contributed by atoms with Crippen LogP contribution in [-0.4, -0.2) is 25.7 Å². The first-order valence-electron chi connectivity index (χ1n) is 9.76. The molecule has 0 spiro atoms. The molecule has 0 radical (unpaired) electrons. The molecule has 2 N–H and O–H groups in total. The van der Waals surface area contributed by atoms with Crippen LogP contribution in [0.15, 0.2) is 72.8 Å². The van der Waals surface area contributed by atoms with E-state index in [0.717, 1.165) is 17.7 Å². The number of methoxy groups -OCH3 is 1. The van der Waals surface area contributed by atoms with Crippen molar-refractivity contribution in [2.45, 2.75) is 12.6 Å². The molecule has 32 heavy (non-hydrogen) atoms. The van der Waals surface area contributed by atoms with Crippen molar-refractivity contribution in [3.8, 4) is 11.1 Å². The van der Waals surface area contributed by atoms with E-state index >= 15 is 0 Å². The van der Waals surface area contributed by atoms with Gasteiger partial charge in [-0.1, -0.05) is 42.5 Å². The molecule has 0 aliphatic heterocycles. The van der Waals surface area contributed by atoms with Crippen molar-refractivity contribution >= 4 is 17.7 Å². The third kappa shape index (κ3) is 5.87. The highest BCUT2D eigenvalue weighted by Gasteiger charge is 2.30. The Morgan fingerprint density at radius 3 is 2.19 bits per heavy atom. The Morgan fingerprint density at radius 1 is 0.906 bits per heavy atom. The minimum atomic E-state index is -4.42. The molecular formula is C24H21F3N2O3. The van der Waals surface area contributed by atoms with E-state index < -0.39 is 17.8 Å². The number of rotatable bonds is 6. The Bertz CT molecular complexity index is 1080. The minimum Gasteiger partial charge on any atom is -0.453 e. The first-order valence-corrected chi connectivity index (χ1v) is 9.76. The fourth-order valence-corrected chi connectivity index (χ4v) is 3.11. The summed E-state index contributed by atoms with van der Waals surface area (Å²) in [5.41, 5.74) is 2.18. The zero-order valence-corrected chi connectivity index (χ0v) is 17.2. The van der Waals surface area contributed by atoms with Crippen LogP contribution in [-0.2, 0) is 17.3 Å². The molecule has 0 aliphatic carbocycles. The zero-order chi connectivity index (χ0) is 23.1. The predicted octanol–water partition coefficient (Wildman–Crippen LogP) is 5.52. The van der Waals surface area contributed by atoms with Crippen LogP contribution in [0, 0.1) is 0 Å². The molecule has 8 heteroatoms. The van der Waals surface area contributed by atoms with Crippen molar-refractivity contribution in [2.75, 3.05) is 19.0 Å². The van der Waals surface area contributed by atoms with E-state index in [-0.39, 0.29) is 5.91 Å². The van der Waals surface area contributed by atoms with Crippen LogP contribution in [0.25, 0.3) is 11.1 Å². The van der Waals surface area contributed by atoms with Gasteiger partial charge < -0.3 is 15.4 Å². The Balaban J connectivity index is 1.70. The number of hydrogen-bond acceptors (Lipinski definition) is 3. The third-order valence-corrected chi connectivity index (χ3v) is 4.78. The summed E-state index contributed by atoms with van der Waals surface area (Å²) in [4.78, 5) is 23.9. The maximum Gasteiger partial charge on any atom is 0.416 e. The molecule has 0 saturated heterocycles. The highest BCUT2D eigenvalue weighted by atomic mass is 19.4. The van der Waals surface area contributed by atoms with E-state index in [1.54, 1.807) is 36.4 Å². The summed E-state index contributed by atoms with van der Waals surface area (Å²) >= 11 is 0. The lowest BCUT2D eigenvalue weighted by Gasteiger charge is -2.12. The summed E-state index contributed by atoms with van der Waals surface area (Å²) in [5.74, 6) is -0.374. The molecule has 0 saturated carbocycles.